The van der Waals surface area contributed by atoms with E-state index in [1.807, 2.05) is 0 Å². The summed E-state index contributed by atoms with van der Waals surface area (Å²) in [5, 5.41) is 3.84. The van der Waals surface area contributed by atoms with Gasteiger partial charge in [-0.1, -0.05) is 0 Å². The maximum Gasteiger partial charge on any atom is 0.277 e. The van der Waals surface area contributed by atoms with Crippen LogP contribution < -0.4 is 5.73 Å². The Bertz CT molecular complexity index is 466. The molecule has 0 saturated heterocycles. The van der Waals surface area contributed by atoms with Crippen LogP contribution in [0.5, 0.6) is 0 Å². The third kappa shape index (κ3) is 1.80. The lowest BCUT2D eigenvalue weighted by atomic mass is 10.1. The monoisotopic (exact) mass is 212 g/mol. The average molecular weight is 212 g/mol. The van der Waals surface area contributed by atoms with Gasteiger partial charge < -0.3 is 5.73 Å². The minimum atomic E-state index is -2.94. The Morgan fingerprint density at radius 3 is 3.00 bits per heavy atom. The van der Waals surface area contributed by atoms with Crippen LogP contribution in [-0.4, -0.2) is 21.1 Å². The number of hydrogen-bond donors (Lipinski definition) is 1. The van der Waals surface area contributed by atoms with Crippen molar-refractivity contribution in [3.8, 4) is 0 Å². The summed E-state index contributed by atoms with van der Waals surface area (Å²) in [4.78, 5) is 3.87. The van der Waals surface area contributed by atoms with Gasteiger partial charge in [0.25, 0.3) is 5.92 Å². The second-order valence-electron chi connectivity index (χ2n) is 3.22. The molecule has 2 N–H and O–H groups in total. The highest BCUT2D eigenvalue weighted by Crippen LogP contribution is 2.30. The molecule has 0 fully saturated rings. The predicted molar refractivity (Wildman–Crippen MR) is 50.6 cm³/mol. The number of hydrogen-bond acceptors (Lipinski definition) is 3. The van der Waals surface area contributed by atoms with Gasteiger partial charge in [0.05, 0.1) is 11.8 Å². The van der Waals surface area contributed by atoms with E-state index in [4.69, 9.17) is 5.73 Å². The molecule has 0 aliphatic heterocycles. The molecule has 2 aromatic rings. The third-order valence-corrected chi connectivity index (χ3v) is 2.13. The number of nitrogens with zero attached hydrogens (tertiary/aromatic N) is 3. The minimum absolute atomic E-state index is 0.0653. The first kappa shape index (κ1) is 9.97. The summed E-state index contributed by atoms with van der Waals surface area (Å²) in [5.74, 6) is -2.94. The quantitative estimate of drug-likeness (QED) is 0.830. The first-order valence-corrected chi connectivity index (χ1v) is 4.51. The van der Waals surface area contributed by atoms with Crippen molar-refractivity contribution in [3.63, 3.8) is 0 Å². The summed E-state index contributed by atoms with van der Waals surface area (Å²) < 4.78 is 28.2. The zero-order valence-corrected chi connectivity index (χ0v) is 7.90. The first-order chi connectivity index (χ1) is 7.13. The Morgan fingerprint density at radius 2 is 2.27 bits per heavy atom. The summed E-state index contributed by atoms with van der Waals surface area (Å²) in [6.07, 6.45) is 3.55. The Labute approximate surface area is 84.7 Å². The molecule has 80 valence electrons. The normalized spacial score (nSPS) is 12.2. The van der Waals surface area contributed by atoms with Gasteiger partial charge in [-0.3, -0.25) is 0 Å². The van der Waals surface area contributed by atoms with E-state index in [-0.39, 0.29) is 18.5 Å². The highest BCUT2D eigenvalue weighted by atomic mass is 19.3. The van der Waals surface area contributed by atoms with Crippen molar-refractivity contribution in [2.75, 3.05) is 6.54 Å². The van der Waals surface area contributed by atoms with E-state index < -0.39 is 5.92 Å². The Balaban J connectivity index is 2.42. The van der Waals surface area contributed by atoms with Gasteiger partial charge in [0.2, 0.25) is 0 Å². The zero-order valence-electron chi connectivity index (χ0n) is 7.90. The fourth-order valence-corrected chi connectivity index (χ4v) is 1.32. The van der Waals surface area contributed by atoms with E-state index in [0.717, 1.165) is 6.20 Å². The van der Waals surface area contributed by atoms with E-state index in [2.05, 4.69) is 10.1 Å². The first-order valence-electron chi connectivity index (χ1n) is 4.51. The van der Waals surface area contributed by atoms with Gasteiger partial charge in [0.15, 0.2) is 5.65 Å². The lowest BCUT2D eigenvalue weighted by molar-refractivity contribution is -0.0115. The summed E-state index contributed by atoms with van der Waals surface area (Å²) in [5.41, 5.74) is 5.50. The van der Waals surface area contributed by atoms with Gasteiger partial charge in [-0.25, -0.2) is 18.3 Å². The Hall–Kier alpha value is -1.56. The molecule has 4 nitrogen and oxygen atoms in total. The number of alkyl halides is 2. The molecule has 2 aromatic heterocycles. The lowest BCUT2D eigenvalue weighted by Gasteiger charge is -2.14. The average Bonchev–Trinajstić information content (AvgIpc) is 2.63. The van der Waals surface area contributed by atoms with Crippen LogP contribution in [0.2, 0.25) is 0 Å². The fourth-order valence-electron chi connectivity index (χ4n) is 1.32. The van der Waals surface area contributed by atoms with E-state index in [0.29, 0.717) is 5.65 Å². The van der Waals surface area contributed by atoms with Crippen LogP contribution in [0.25, 0.3) is 5.65 Å². The van der Waals surface area contributed by atoms with E-state index in [1.165, 1.54) is 16.9 Å². The molecule has 6 heteroatoms. The lowest BCUT2D eigenvalue weighted by Crippen LogP contribution is -2.19. The standard InChI is InChI=1S/C9H10F2N4/c10-9(11,2-3-12)7-5-13-8-1-4-14-15(8)6-7/h1,4-6H,2-3,12H2. The van der Waals surface area contributed by atoms with Crippen molar-refractivity contribution in [1.82, 2.24) is 14.6 Å². The van der Waals surface area contributed by atoms with Gasteiger partial charge in [0, 0.05) is 24.9 Å². The second-order valence-corrected chi connectivity index (χ2v) is 3.22. The molecule has 0 amide bonds. The summed E-state index contributed by atoms with van der Waals surface area (Å²) in [7, 11) is 0. The summed E-state index contributed by atoms with van der Waals surface area (Å²) in [6, 6.07) is 1.64. The predicted octanol–water partition coefficient (Wildman–Crippen LogP) is 1.17. The molecule has 0 aliphatic rings. The van der Waals surface area contributed by atoms with Crippen LogP contribution in [0.1, 0.15) is 12.0 Å². The SMILES string of the molecule is NCCC(F)(F)c1cnc2ccnn2c1. The van der Waals surface area contributed by atoms with Gasteiger partial charge in [-0.2, -0.15) is 5.10 Å². The number of halogens is 2. The van der Waals surface area contributed by atoms with E-state index in [9.17, 15) is 8.78 Å². The van der Waals surface area contributed by atoms with Crippen molar-refractivity contribution in [2.24, 2.45) is 5.73 Å². The topological polar surface area (TPSA) is 56.2 Å². The molecule has 0 bridgehead atoms. The van der Waals surface area contributed by atoms with Gasteiger partial charge in [-0.05, 0) is 6.54 Å². The second kappa shape index (κ2) is 3.54. The maximum absolute atomic E-state index is 13.4. The van der Waals surface area contributed by atoms with E-state index >= 15 is 0 Å². The molecule has 15 heavy (non-hydrogen) atoms. The molecular weight excluding hydrogens is 202 g/mol. The molecule has 0 atom stereocenters. The molecule has 0 saturated carbocycles. The molecule has 2 rings (SSSR count). The maximum atomic E-state index is 13.4. The van der Waals surface area contributed by atoms with Crippen LogP contribution in [-0.2, 0) is 5.92 Å². The molecule has 0 aromatic carbocycles. The van der Waals surface area contributed by atoms with Crippen LogP contribution in [0.4, 0.5) is 8.78 Å². The van der Waals surface area contributed by atoms with Crippen molar-refractivity contribution in [1.29, 1.82) is 0 Å². The Kier molecular flexibility index (Phi) is 2.36. The van der Waals surface area contributed by atoms with Crippen molar-refractivity contribution in [3.05, 3.63) is 30.2 Å². The van der Waals surface area contributed by atoms with Gasteiger partial charge in [0.1, 0.15) is 0 Å². The van der Waals surface area contributed by atoms with Gasteiger partial charge in [-0.15, -0.1) is 0 Å². The fraction of sp³-hybridized carbons (Fsp3) is 0.333. The number of fused-ring (bicyclic) bond motifs is 1. The van der Waals surface area contributed by atoms with Crippen LogP contribution >= 0.6 is 0 Å². The highest BCUT2D eigenvalue weighted by Gasteiger charge is 2.31. The largest absolute Gasteiger partial charge is 0.330 e. The summed E-state index contributed by atoms with van der Waals surface area (Å²) in [6.45, 7) is -0.0653. The number of nitrogens with two attached hydrogens (primary N) is 1. The third-order valence-electron chi connectivity index (χ3n) is 2.13. The van der Waals surface area contributed by atoms with Crippen molar-refractivity contribution >= 4 is 5.65 Å². The van der Waals surface area contributed by atoms with Gasteiger partial charge >= 0.3 is 0 Å². The van der Waals surface area contributed by atoms with Crippen LogP contribution in [0.15, 0.2) is 24.7 Å². The number of rotatable bonds is 3. The molecular formula is C9H10F2N4. The van der Waals surface area contributed by atoms with Crippen LogP contribution in [0, 0.1) is 0 Å². The molecule has 0 spiro atoms. The summed E-state index contributed by atoms with van der Waals surface area (Å²) >= 11 is 0. The Morgan fingerprint density at radius 1 is 1.47 bits per heavy atom. The van der Waals surface area contributed by atoms with E-state index in [1.54, 1.807) is 6.07 Å². The van der Waals surface area contributed by atoms with Crippen molar-refractivity contribution in [2.45, 2.75) is 12.3 Å². The molecule has 0 unspecified atom stereocenters. The smallest absolute Gasteiger partial charge is 0.277 e. The molecule has 0 radical (unpaired) electrons. The number of aromatic nitrogens is 3. The van der Waals surface area contributed by atoms with Crippen LogP contribution in [0.3, 0.4) is 0 Å². The van der Waals surface area contributed by atoms with Crippen molar-refractivity contribution < 1.29 is 8.78 Å². The molecule has 2 heterocycles. The zero-order chi connectivity index (χ0) is 10.9. The minimum Gasteiger partial charge on any atom is -0.330 e. The molecule has 0 aliphatic carbocycles. The highest BCUT2D eigenvalue weighted by molar-refractivity contribution is 5.36.